The lowest BCUT2D eigenvalue weighted by atomic mass is 9.86. The van der Waals surface area contributed by atoms with Crippen LogP contribution in [0.4, 0.5) is 17.6 Å². The molecule has 0 unspecified atom stereocenters. The molecule has 1 aromatic heterocycles. The van der Waals surface area contributed by atoms with Crippen LogP contribution in [0.25, 0.3) is 11.1 Å². The summed E-state index contributed by atoms with van der Waals surface area (Å²) in [5.74, 6) is -0.912. The second kappa shape index (κ2) is 7.99. The Kier molecular flexibility index (Phi) is 6.33. The predicted molar refractivity (Wildman–Crippen MR) is 102 cm³/mol. The van der Waals surface area contributed by atoms with Crippen LogP contribution in [-0.2, 0) is 6.18 Å². The van der Waals surface area contributed by atoms with Gasteiger partial charge in [-0.25, -0.2) is 4.39 Å². The average Bonchev–Trinajstić information content (AvgIpc) is 2.59. The van der Waals surface area contributed by atoms with Gasteiger partial charge in [-0.15, -0.1) is 0 Å². The molecular formula is C22H27F4N. The smallest absolute Gasteiger partial charge is 0.261 e. The zero-order chi connectivity index (χ0) is 20.5. The van der Waals surface area contributed by atoms with Gasteiger partial charge in [0, 0.05) is 11.9 Å². The van der Waals surface area contributed by atoms with Crippen LogP contribution in [0.3, 0.4) is 0 Å². The van der Waals surface area contributed by atoms with Crippen molar-refractivity contribution in [1.82, 2.24) is 4.98 Å². The van der Waals surface area contributed by atoms with Crippen molar-refractivity contribution in [2.24, 2.45) is 0 Å². The molecule has 0 radical (unpaired) electrons. The summed E-state index contributed by atoms with van der Waals surface area (Å²) in [5, 5.41) is 0. The number of nitrogens with zero attached hydrogens (tertiary/aromatic N) is 1. The molecule has 0 aliphatic rings. The molecule has 1 atom stereocenters. The lowest BCUT2D eigenvalue weighted by Crippen LogP contribution is -2.11. The Hall–Kier alpha value is -1.91. The van der Waals surface area contributed by atoms with Gasteiger partial charge in [0.05, 0.1) is 5.56 Å². The molecule has 148 valence electrons. The quantitative estimate of drug-likeness (QED) is 0.484. The zero-order valence-corrected chi connectivity index (χ0v) is 16.7. The van der Waals surface area contributed by atoms with Gasteiger partial charge in [0.25, 0.3) is 0 Å². The van der Waals surface area contributed by atoms with Crippen molar-refractivity contribution in [3.63, 3.8) is 0 Å². The fourth-order valence-electron chi connectivity index (χ4n) is 3.13. The Morgan fingerprint density at radius 1 is 0.889 bits per heavy atom. The lowest BCUT2D eigenvalue weighted by molar-refractivity contribution is -0.137. The largest absolute Gasteiger partial charge is 0.417 e. The van der Waals surface area contributed by atoms with Crippen LogP contribution in [0.15, 0.2) is 24.4 Å². The summed E-state index contributed by atoms with van der Waals surface area (Å²) in [4.78, 5) is 4.44. The minimum absolute atomic E-state index is 0.0344. The number of halogens is 4. The van der Waals surface area contributed by atoms with Gasteiger partial charge in [-0.3, -0.25) is 4.98 Å². The van der Waals surface area contributed by atoms with Crippen LogP contribution < -0.4 is 0 Å². The summed E-state index contributed by atoms with van der Waals surface area (Å²) < 4.78 is 55.6. The summed E-state index contributed by atoms with van der Waals surface area (Å²) in [6.07, 6.45) is -2.19. The van der Waals surface area contributed by atoms with E-state index in [0.717, 1.165) is 17.7 Å². The molecule has 1 heterocycles. The lowest BCUT2D eigenvalue weighted by Gasteiger charge is -2.22. The van der Waals surface area contributed by atoms with E-state index >= 15 is 0 Å². The van der Waals surface area contributed by atoms with E-state index < -0.39 is 17.6 Å². The second-order valence-corrected chi connectivity index (χ2v) is 7.73. The third-order valence-electron chi connectivity index (χ3n) is 5.05. The molecule has 2 rings (SSSR count). The maximum Gasteiger partial charge on any atom is 0.417 e. The molecule has 0 aliphatic heterocycles. The summed E-state index contributed by atoms with van der Waals surface area (Å²) in [6, 6.07) is 3.74. The molecule has 1 aromatic carbocycles. The molecule has 0 fully saturated rings. The van der Waals surface area contributed by atoms with Crippen LogP contribution in [0.5, 0.6) is 0 Å². The minimum atomic E-state index is -4.64. The van der Waals surface area contributed by atoms with E-state index in [1.807, 2.05) is 27.7 Å². The van der Waals surface area contributed by atoms with Gasteiger partial charge in [-0.2, -0.15) is 13.2 Å². The van der Waals surface area contributed by atoms with Crippen molar-refractivity contribution >= 4 is 0 Å². The van der Waals surface area contributed by atoms with E-state index in [0.29, 0.717) is 11.6 Å². The highest BCUT2D eigenvalue weighted by Crippen LogP contribution is 2.42. The van der Waals surface area contributed by atoms with E-state index in [4.69, 9.17) is 0 Å². The Morgan fingerprint density at radius 3 is 2.00 bits per heavy atom. The molecule has 5 heteroatoms. The van der Waals surface area contributed by atoms with Gasteiger partial charge in [-0.1, -0.05) is 41.5 Å². The van der Waals surface area contributed by atoms with Crippen LogP contribution in [0.1, 0.15) is 88.1 Å². The molecule has 0 amide bonds. The molecule has 1 nitrogen and oxygen atoms in total. The van der Waals surface area contributed by atoms with Crippen molar-refractivity contribution in [2.75, 3.05) is 0 Å². The zero-order valence-electron chi connectivity index (χ0n) is 16.7. The number of pyridine rings is 1. The fraction of sp³-hybridized carbons (Fsp3) is 0.500. The van der Waals surface area contributed by atoms with Gasteiger partial charge in [0.1, 0.15) is 5.82 Å². The third kappa shape index (κ3) is 4.50. The van der Waals surface area contributed by atoms with Gasteiger partial charge < -0.3 is 0 Å². The molecular weight excluding hydrogens is 354 g/mol. The summed E-state index contributed by atoms with van der Waals surface area (Å²) in [6.45, 7) is 11.4. The summed E-state index contributed by atoms with van der Waals surface area (Å²) >= 11 is 0. The van der Waals surface area contributed by atoms with Gasteiger partial charge in [0.15, 0.2) is 0 Å². The van der Waals surface area contributed by atoms with Gasteiger partial charge in [-0.05, 0) is 64.6 Å². The second-order valence-electron chi connectivity index (χ2n) is 7.73. The monoisotopic (exact) mass is 381 g/mol. The first-order valence-corrected chi connectivity index (χ1v) is 9.38. The molecule has 0 saturated carbocycles. The SMILES string of the molecule is CC[C@@H](C)c1cnc(C(C)C)cc1-c1cc(C(C)C)c(F)cc1C(F)(F)F. The Labute approximate surface area is 158 Å². The maximum atomic E-state index is 14.3. The molecule has 0 saturated heterocycles. The van der Waals surface area contributed by atoms with Gasteiger partial charge in [0.2, 0.25) is 0 Å². The van der Waals surface area contributed by atoms with E-state index in [-0.39, 0.29) is 28.9 Å². The Morgan fingerprint density at radius 2 is 1.52 bits per heavy atom. The molecule has 0 N–H and O–H groups in total. The number of benzene rings is 1. The Bertz CT molecular complexity index is 807. The van der Waals surface area contributed by atoms with E-state index in [1.54, 1.807) is 26.1 Å². The van der Waals surface area contributed by atoms with Crippen molar-refractivity contribution in [3.8, 4) is 11.1 Å². The highest BCUT2D eigenvalue weighted by atomic mass is 19.4. The van der Waals surface area contributed by atoms with Crippen molar-refractivity contribution in [1.29, 1.82) is 0 Å². The minimum Gasteiger partial charge on any atom is -0.261 e. The van der Waals surface area contributed by atoms with Crippen LogP contribution in [0.2, 0.25) is 0 Å². The third-order valence-corrected chi connectivity index (χ3v) is 5.05. The highest BCUT2D eigenvalue weighted by Gasteiger charge is 2.36. The first-order chi connectivity index (χ1) is 12.5. The maximum absolute atomic E-state index is 14.3. The van der Waals surface area contributed by atoms with E-state index in [2.05, 4.69) is 4.98 Å². The van der Waals surface area contributed by atoms with Crippen LogP contribution >= 0.6 is 0 Å². The average molecular weight is 381 g/mol. The predicted octanol–water partition coefficient (Wildman–Crippen LogP) is 7.67. The molecule has 27 heavy (non-hydrogen) atoms. The summed E-state index contributed by atoms with van der Waals surface area (Å²) in [7, 11) is 0. The number of rotatable bonds is 5. The molecule has 2 aromatic rings. The van der Waals surface area contributed by atoms with Crippen molar-refractivity contribution in [2.45, 2.75) is 71.9 Å². The fourth-order valence-corrected chi connectivity index (χ4v) is 3.13. The van der Waals surface area contributed by atoms with E-state index in [1.165, 1.54) is 6.07 Å². The molecule has 0 bridgehead atoms. The van der Waals surface area contributed by atoms with Crippen molar-refractivity contribution < 1.29 is 17.6 Å². The first-order valence-electron chi connectivity index (χ1n) is 9.38. The van der Waals surface area contributed by atoms with Crippen molar-refractivity contribution in [3.05, 3.63) is 52.6 Å². The van der Waals surface area contributed by atoms with Crippen LogP contribution in [-0.4, -0.2) is 4.98 Å². The molecule has 0 aliphatic carbocycles. The number of hydrogen-bond acceptors (Lipinski definition) is 1. The molecule has 0 spiro atoms. The standard InChI is InChI=1S/C22H27F4N/c1-7-14(6)18-11-27-21(13(4)5)9-16(18)17-8-15(12(2)3)20(23)10-19(17)22(24,25)26/h8-14H,7H2,1-6H3/t14-/m1/s1. The number of alkyl halides is 3. The van der Waals surface area contributed by atoms with Crippen LogP contribution in [0, 0.1) is 5.82 Å². The Balaban J connectivity index is 2.89. The van der Waals surface area contributed by atoms with Gasteiger partial charge >= 0.3 is 6.18 Å². The first kappa shape index (κ1) is 21.4. The normalized spacial score (nSPS) is 13.5. The summed E-state index contributed by atoms with van der Waals surface area (Å²) in [5.41, 5.74) is 1.37. The topological polar surface area (TPSA) is 12.9 Å². The van der Waals surface area contributed by atoms with E-state index in [9.17, 15) is 17.6 Å². The number of aromatic nitrogens is 1. The number of hydrogen-bond donors (Lipinski definition) is 0. The highest BCUT2D eigenvalue weighted by molar-refractivity contribution is 5.73.